The first-order valence-corrected chi connectivity index (χ1v) is 8.26. The van der Waals surface area contributed by atoms with E-state index in [9.17, 15) is 9.18 Å². The lowest BCUT2D eigenvalue weighted by molar-refractivity contribution is 0.0951. The largest absolute Gasteiger partial charge is 0.368 e. The summed E-state index contributed by atoms with van der Waals surface area (Å²) in [7, 11) is 0. The lowest BCUT2D eigenvalue weighted by atomic mass is 10.2. The highest BCUT2D eigenvalue weighted by Crippen LogP contribution is 2.16. The zero-order chi connectivity index (χ0) is 16.9. The second kappa shape index (κ2) is 7.40. The third-order valence-corrected chi connectivity index (χ3v) is 3.98. The van der Waals surface area contributed by atoms with Gasteiger partial charge in [0.05, 0.1) is 11.1 Å². The molecule has 4 nitrogen and oxygen atoms in total. The maximum Gasteiger partial charge on any atom is 0.254 e. The maximum absolute atomic E-state index is 13.6. The third kappa shape index (κ3) is 3.89. The summed E-state index contributed by atoms with van der Waals surface area (Å²) in [6.45, 7) is 0.853. The van der Waals surface area contributed by atoms with Crippen LogP contribution in [0.3, 0.4) is 0 Å². The van der Waals surface area contributed by atoms with E-state index in [0.717, 1.165) is 16.7 Å². The number of hydrogen-bond donors (Lipinski definition) is 2. The Hall–Kier alpha value is -2.47. The number of anilines is 1. The highest BCUT2D eigenvalue weighted by atomic mass is 79.9. The molecule has 6 heteroatoms. The molecular formula is C18H15BrFN3O. The molecule has 0 aliphatic rings. The number of nitrogens with one attached hydrogen (secondary N) is 2. The number of carbonyl (C=O) groups excluding carboxylic acids is 1. The minimum atomic E-state index is -0.542. The van der Waals surface area contributed by atoms with Gasteiger partial charge in [-0.15, -0.1) is 0 Å². The molecule has 24 heavy (non-hydrogen) atoms. The Morgan fingerprint density at radius 1 is 1.08 bits per heavy atom. The van der Waals surface area contributed by atoms with Gasteiger partial charge in [-0.2, -0.15) is 0 Å². The van der Waals surface area contributed by atoms with Crippen molar-refractivity contribution < 1.29 is 9.18 Å². The smallest absolute Gasteiger partial charge is 0.254 e. The van der Waals surface area contributed by atoms with E-state index in [4.69, 9.17) is 0 Å². The van der Waals surface area contributed by atoms with Crippen molar-refractivity contribution >= 4 is 38.6 Å². The summed E-state index contributed by atoms with van der Waals surface area (Å²) < 4.78 is 14.3. The number of nitrogens with zero attached hydrogens (tertiary/aromatic N) is 1. The van der Waals surface area contributed by atoms with Crippen LogP contribution in [-0.4, -0.2) is 24.0 Å². The molecule has 0 fully saturated rings. The number of hydrogen-bond acceptors (Lipinski definition) is 3. The molecule has 0 radical (unpaired) electrons. The van der Waals surface area contributed by atoms with E-state index in [0.29, 0.717) is 17.6 Å². The Kier molecular flexibility index (Phi) is 5.05. The number of rotatable bonds is 5. The lowest BCUT2D eigenvalue weighted by Gasteiger charge is -2.09. The molecule has 2 aromatic carbocycles. The van der Waals surface area contributed by atoms with Gasteiger partial charge in [0.1, 0.15) is 11.6 Å². The molecule has 3 rings (SSSR count). The molecule has 3 aromatic rings. The van der Waals surface area contributed by atoms with Gasteiger partial charge in [0.25, 0.3) is 5.91 Å². The minimum Gasteiger partial charge on any atom is -0.368 e. The van der Waals surface area contributed by atoms with E-state index >= 15 is 0 Å². The van der Waals surface area contributed by atoms with Crippen LogP contribution in [-0.2, 0) is 0 Å². The van der Waals surface area contributed by atoms with Gasteiger partial charge < -0.3 is 10.6 Å². The highest BCUT2D eigenvalue weighted by molar-refractivity contribution is 9.10. The summed E-state index contributed by atoms with van der Waals surface area (Å²) in [6.07, 6.45) is 0. The molecule has 0 unspecified atom stereocenters. The molecule has 122 valence electrons. The van der Waals surface area contributed by atoms with Gasteiger partial charge in [-0.25, -0.2) is 9.37 Å². The molecule has 0 spiro atoms. The summed E-state index contributed by atoms with van der Waals surface area (Å²) >= 11 is 3.23. The number of halogens is 2. The molecule has 0 bridgehead atoms. The molecule has 0 atom stereocenters. The molecule has 0 aliphatic carbocycles. The van der Waals surface area contributed by atoms with Gasteiger partial charge in [0.15, 0.2) is 0 Å². The molecule has 2 N–H and O–H groups in total. The molecule has 0 saturated carbocycles. The van der Waals surface area contributed by atoms with Crippen molar-refractivity contribution in [2.75, 3.05) is 18.4 Å². The first-order valence-electron chi connectivity index (χ1n) is 7.46. The number of aromatic nitrogens is 1. The van der Waals surface area contributed by atoms with Crippen LogP contribution < -0.4 is 10.6 Å². The van der Waals surface area contributed by atoms with Crippen molar-refractivity contribution in [3.63, 3.8) is 0 Å². The summed E-state index contributed by atoms with van der Waals surface area (Å²) in [4.78, 5) is 16.5. The topological polar surface area (TPSA) is 54.0 Å². The summed E-state index contributed by atoms with van der Waals surface area (Å²) in [5, 5.41) is 6.90. The predicted octanol–water partition coefficient (Wildman–Crippen LogP) is 3.98. The van der Waals surface area contributed by atoms with Crippen molar-refractivity contribution in [3.8, 4) is 0 Å². The van der Waals surface area contributed by atoms with Crippen LogP contribution in [0.15, 0.2) is 59.1 Å². The zero-order valence-electron chi connectivity index (χ0n) is 12.7. The van der Waals surface area contributed by atoms with Gasteiger partial charge in [0.2, 0.25) is 0 Å². The third-order valence-electron chi connectivity index (χ3n) is 3.49. The van der Waals surface area contributed by atoms with E-state index in [2.05, 4.69) is 31.5 Å². The molecule has 1 amide bonds. The Morgan fingerprint density at radius 3 is 2.79 bits per heavy atom. The fourth-order valence-corrected chi connectivity index (χ4v) is 2.66. The van der Waals surface area contributed by atoms with Gasteiger partial charge in [-0.05, 0) is 36.4 Å². The first kappa shape index (κ1) is 16.4. The standard InChI is InChI=1S/C18H15BrFN3O/c19-13-6-7-15(20)14(11-13)18(24)22-10-9-21-17-8-5-12-3-1-2-4-16(12)23-17/h1-8,11H,9-10H2,(H,21,23)(H,22,24). The Balaban J connectivity index is 1.54. The van der Waals surface area contributed by atoms with E-state index in [1.54, 1.807) is 6.07 Å². The van der Waals surface area contributed by atoms with Crippen molar-refractivity contribution in [2.45, 2.75) is 0 Å². The van der Waals surface area contributed by atoms with Crippen molar-refractivity contribution in [3.05, 3.63) is 70.5 Å². The van der Waals surface area contributed by atoms with E-state index in [-0.39, 0.29) is 5.56 Å². The first-order chi connectivity index (χ1) is 11.6. The van der Waals surface area contributed by atoms with Crippen LogP contribution in [0.25, 0.3) is 10.9 Å². The predicted molar refractivity (Wildman–Crippen MR) is 96.7 cm³/mol. The number of fused-ring (bicyclic) bond motifs is 1. The number of pyridine rings is 1. The second-order valence-electron chi connectivity index (χ2n) is 5.20. The fourth-order valence-electron chi connectivity index (χ4n) is 2.30. The number of amides is 1. The Labute approximate surface area is 147 Å². The van der Waals surface area contributed by atoms with Crippen molar-refractivity contribution in [1.82, 2.24) is 10.3 Å². The van der Waals surface area contributed by atoms with Gasteiger partial charge in [-0.3, -0.25) is 4.79 Å². The zero-order valence-corrected chi connectivity index (χ0v) is 14.3. The van der Waals surface area contributed by atoms with E-state index in [1.807, 2.05) is 36.4 Å². The lowest BCUT2D eigenvalue weighted by Crippen LogP contribution is -2.29. The second-order valence-corrected chi connectivity index (χ2v) is 6.11. The average molecular weight is 388 g/mol. The monoisotopic (exact) mass is 387 g/mol. The molecular weight excluding hydrogens is 373 g/mol. The van der Waals surface area contributed by atoms with Crippen molar-refractivity contribution in [2.24, 2.45) is 0 Å². The van der Waals surface area contributed by atoms with Gasteiger partial charge in [0, 0.05) is 22.9 Å². The average Bonchev–Trinajstić information content (AvgIpc) is 2.60. The molecule has 0 saturated heterocycles. The van der Waals surface area contributed by atoms with Crippen LogP contribution in [0.1, 0.15) is 10.4 Å². The van der Waals surface area contributed by atoms with Crippen LogP contribution >= 0.6 is 15.9 Å². The molecule has 0 aliphatic heterocycles. The summed E-state index contributed by atoms with van der Waals surface area (Å²) in [5.74, 6) is -0.251. The Morgan fingerprint density at radius 2 is 1.92 bits per heavy atom. The summed E-state index contributed by atoms with van der Waals surface area (Å²) in [6, 6.07) is 16.0. The van der Waals surface area contributed by atoms with E-state index < -0.39 is 11.7 Å². The van der Waals surface area contributed by atoms with Crippen LogP contribution in [0.4, 0.5) is 10.2 Å². The Bertz CT molecular complexity index is 885. The maximum atomic E-state index is 13.6. The normalized spacial score (nSPS) is 10.6. The fraction of sp³-hybridized carbons (Fsp3) is 0.111. The SMILES string of the molecule is O=C(NCCNc1ccc2ccccc2n1)c1cc(Br)ccc1F. The highest BCUT2D eigenvalue weighted by Gasteiger charge is 2.11. The van der Waals surface area contributed by atoms with Crippen molar-refractivity contribution in [1.29, 1.82) is 0 Å². The summed E-state index contributed by atoms with van der Waals surface area (Å²) in [5.41, 5.74) is 0.927. The van der Waals surface area contributed by atoms with E-state index in [1.165, 1.54) is 12.1 Å². The van der Waals surface area contributed by atoms with Gasteiger partial charge >= 0.3 is 0 Å². The minimum absolute atomic E-state index is 0.0215. The van der Waals surface area contributed by atoms with Crippen LogP contribution in [0.5, 0.6) is 0 Å². The number of carbonyl (C=O) groups is 1. The van der Waals surface area contributed by atoms with Crippen LogP contribution in [0, 0.1) is 5.82 Å². The quantitative estimate of drug-likeness (QED) is 0.651. The number of para-hydroxylation sites is 1. The van der Waals surface area contributed by atoms with Crippen LogP contribution in [0.2, 0.25) is 0 Å². The molecule has 1 aromatic heterocycles. The molecule has 1 heterocycles. The van der Waals surface area contributed by atoms with Gasteiger partial charge in [-0.1, -0.05) is 34.1 Å². The number of benzene rings is 2.